The van der Waals surface area contributed by atoms with Crippen LogP contribution in [0.3, 0.4) is 0 Å². The van der Waals surface area contributed by atoms with Crippen LogP contribution in [-0.4, -0.2) is 9.13 Å². The molecule has 0 spiro atoms. The zero-order chi connectivity index (χ0) is 42.1. The first-order chi connectivity index (χ1) is 31.8. The van der Waals surface area contributed by atoms with Crippen LogP contribution in [0.2, 0.25) is 0 Å². The predicted octanol–water partition coefficient (Wildman–Crippen LogP) is 16.6. The Morgan fingerprint density at radius 1 is 0.297 bits per heavy atom. The fraction of sp³-hybridized carbons (Fsp3) is 0. The molecule has 0 unspecified atom stereocenters. The molecule has 10 aromatic carbocycles. The van der Waals surface area contributed by atoms with Crippen molar-refractivity contribution in [2.75, 3.05) is 4.90 Å². The second-order valence-electron chi connectivity index (χ2n) is 16.5. The lowest BCUT2D eigenvalue weighted by atomic mass is 10.0. The zero-order valence-electron chi connectivity index (χ0n) is 34.8. The Bertz CT molecular complexity index is 3600. The van der Waals surface area contributed by atoms with Crippen LogP contribution in [0.25, 0.3) is 99.2 Å². The van der Waals surface area contributed by atoms with Gasteiger partial charge in [0.25, 0.3) is 0 Å². The zero-order valence-corrected chi connectivity index (χ0v) is 34.8. The van der Waals surface area contributed by atoms with Crippen molar-refractivity contribution in [2.24, 2.45) is 0 Å². The number of anilines is 3. The second-order valence-corrected chi connectivity index (χ2v) is 16.5. The molecule has 300 valence electrons. The molecule has 13 aromatic rings. The van der Waals surface area contributed by atoms with Gasteiger partial charge in [0, 0.05) is 54.8 Å². The van der Waals surface area contributed by atoms with Crippen molar-refractivity contribution in [3.05, 3.63) is 237 Å². The lowest BCUT2D eigenvalue weighted by molar-refractivity contribution is 0.669. The van der Waals surface area contributed by atoms with Gasteiger partial charge < -0.3 is 18.5 Å². The van der Waals surface area contributed by atoms with Crippen LogP contribution in [0.5, 0.6) is 0 Å². The number of rotatable bonds is 7. The Morgan fingerprint density at radius 2 is 0.672 bits per heavy atom. The van der Waals surface area contributed by atoms with Crippen LogP contribution in [0.1, 0.15) is 0 Å². The van der Waals surface area contributed by atoms with Gasteiger partial charge in [-0.1, -0.05) is 164 Å². The number of fused-ring (bicyclic) bond motifs is 9. The van der Waals surface area contributed by atoms with E-state index in [1.807, 2.05) is 6.07 Å². The summed E-state index contributed by atoms with van der Waals surface area (Å²) < 4.78 is 11.5. The van der Waals surface area contributed by atoms with Gasteiger partial charge in [-0.15, -0.1) is 0 Å². The molecule has 0 saturated heterocycles. The topological polar surface area (TPSA) is 26.2 Å². The normalized spacial score (nSPS) is 11.8. The highest BCUT2D eigenvalue weighted by Gasteiger charge is 2.22. The summed E-state index contributed by atoms with van der Waals surface area (Å²) in [6.45, 7) is 0. The first-order valence-corrected chi connectivity index (χ1v) is 21.8. The van der Waals surface area contributed by atoms with Crippen LogP contribution in [0.15, 0.2) is 241 Å². The third-order valence-corrected chi connectivity index (χ3v) is 12.9. The maximum absolute atomic E-state index is 6.70. The lowest BCUT2D eigenvalue weighted by Crippen LogP contribution is -2.10. The molecule has 0 aliphatic carbocycles. The fourth-order valence-electron chi connectivity index (χ4n) is 10.1. The van der Waals surface area contributed by atoms with Gasteiger partial charge in [-0.25, -0.2) is 0 Å². The fourth-order valence-corrected chi connectivity index (χ4v) is 10.1. The molecule has 0 N–H and O–H groups in total. The van der Waals surface area contributed by atoms with Crippen molar-refractivity contribution >= 4 is 82.6 Å². The number of para-hydroxylation sites is 8. The molecule has 3 heterocycles. The van der Waals surface area contributed by atoms with Crippen molar-refractivity contribution < 1.29 is 4.42 Å². The van der Waals surface area contributed by atoms with Gasteiger partial charge >= 0.3 is 0 Å². The van der Waals surface area contributed by atoms with E-state index in [9.17, 15) is 0 Å². The summed E-state index contributed by atoms with van der Waals surface area (Å²) in [6, 6.07) is 85.0. The van der Waals surface area contributed by atoms with E-state index in [1.54, 1.807) is 0 Å². The molecule has 0 radical (unpaired) electrons. The van der Waals surface area contributed by atoms with E-state index >= 15 is 0 Å². The minimum atomic E-state index is 0.852. The van der Waals surface area contributed by atoms with E-state index in [2.05, 4.69) is 245 Å². The van der Waals surface area contributed by atoms with Crippen LogP contribution in [0.4, 0.5) is 17.1 Å². The molecule has 4 heteroatoms. The number of hydrogen-bond donors (Lipinski definition) is 0. The van der Waals surface area contributed by atoms with Crippen molar-refractivity contribution in [1.29, 1.82) is 0 Å². The van der Waals surface area contributed by atoms with Gasteiger partial charge in [-0.2, -0.15) is 0 Å². The van der Waals surface area contributed by atoms with Crippen LogP contribution < -0.4 is 4.90 Å². The summed E-state index contributed by atoms with van der Waals surface area (Å²) in [5.41, 5.74) is 16.4. The monoisotopic (exact) mass is 817 g/mol. The Morgan fingerprint density at radius 3 is 1.14 bits per heavy atom. The van der Waals surface area contributed by atoms with Gasteiger partial charge in [0.1, 0.15) is 5.58 Å². The van der Waals surface area contributed by atoms with Gasteiger partial charge in [0.05, 0.1) is 39.1 Å². The Balaban J connectivity index is 0.949. The van der Waals surface area contributed by atoms with E-state index in [0.29, 0.717) is 0 Å². The number of aromatic nitrogens is 2. The molecule has 0 saturated carbocycles. The molecule has 0 atom stereocenters. The number of benzene rings is 10. The van der Waals surface area contributed by atoms with Gasteiger partial charge in [0.2, 0.25) is 0 Å². The molecule has 0 aliphatic rings. The Labute approximate surface area is 369 Å². The Kier molecular flexibility index (Phi) is 8.18. The standard InChI is InChI=1S/C60H39N3O/c1-8-24-52(62-54-26-10-3-18-46(54)47-19-4-11-27-55(47)62)44(16-1)40-32-36-42(37-33-40)61(58-30-15-23-51-50-22-7-14-31-59(50)64-60(51)58)43-38-34-41(35-39-43)45-17-2-9-25-53(45)63-56-28-12-5-20-48(56)49-21-6-13-29-57(49)63/h1-39H. The summed E-state index contributed by atoms with van der Waals surface area (Å²) >= 11 is 0. The van der Waals surface area contributed by atoms with Crippen molar-refractivity contribution in [3.63, 3.8) is 0 Å². The van der Waals surface area contributed by atoms with Crippen LogP contribution in [-0.2, 0) is 0 Å². The van der Waals surface area contributed by atoms with Crippen molar-refractivity contribution in [1.82, 2.24) is 9.13 Å². The largest absolute Gasteiger partial charge is 0.454 e. The summed E-state index contributed by atoms with van der Waals surface area (Å²) in [5.74, 6) is 0. The molecule has 3 aromatic heterocycles. The average molecular weight is 818 g/mol. The van der Waals surface area contributed by atoms with E-state index in [0.717, 1.165) is 72.6 Å². The second kappa shape index (κ2) is 14.5. The minimum absolute atomic E-state index is 0.852. The van der Waals surface area contributed by atoms with Crippen molar-refractivity contribution in [3.8, 4) is 33.6 Å². The maximum Gasteiger partial charge on any atom is 0.159 e. The molecule has 4 nitrogen and oxygen atoms in total. The summed E-state index contributed by atoms with van der Waals surface area (Å²) in [5, 5.41) is 7.19. The molecule has 64 heavy (non-hydrogen) atoms. The lowest BCUT2D eigenvalue weighted by Gasteiger charge is -2.26. The molecule has 0 amide bonds. The number of furan rings is 1. The molecular formula is C60H39N3O. The Hall–Kier alpha value is -8.60. The van der Waals surface area contributed by atoms with E-state index < -0.39 is 0 Å². The van der Waals surface area contributed by atoms with E-state index in [-0.39, 0.29) is 0 Å². The summed E-state index contributed by atoms with van der Waals surface area (Å²) in [6.07, 6.45) is 0. The first kappa shape index (κ1) is 36.1. The first-order valence-electron chi connectivity index (χ1n) is 21.8. The number of hydrogen-bond acceptors (Lipinski definition) is 2. The number of nitrogens with zero attached hydrogens (tertiary/aromatic N) is 3. The summed E-state index contributed by atoms with van der Waals surface area (Å²) in [4.78, 5) is 2.33. The van der Waals surface area contributed by atoms with Crippen LogP contribution in [0, 0.1) is 0 Å². The average Bonchev–Trinajstić information content (AvgIpc) is 4.03. The van der Waals surface area contributed by atoms with Gasteiger partial charge in [0.15, 0.2) is 5.58 Å². The van der Waals surface area contributed by atoms with Gasteiger partial charge in [-0.05, 0) is 83.9 Å². The summed E-state index contributed by atoms with van der Waals surface area (Å²) in [7, 11) is 0. The van der Waals surface area contributed by atoms with Gasteiger partial charge in [-0.3, -0.25) is 0 Å². The molecular weight excluding hydrogens is 779 g/mol. The maximum atomic E-state index is 6.70. The molecule has 0 aliphatic heterocycles. The minimum Gasteiger partial charge on any atom is -0.454 e. The quantitative estimate of drug-likeness (QED) is 0.160. The highest BCUT2D eigenvalue weighted by Crippen LogP contribution is 2.44. The third kappa shape index (κ3) is 5.56. The van der Waals surface area contributed by atoms with Crippen LogP contribution >= 0.6 is 0 Å². The molecule has 0 bridgehead atoms. The van der Waals surface area contributed by atoms with E-state index in [4.69, 9.17) is 4.42 Å². The SMILES string of the molecule is c1ccc(-n2c3ccccc3c3ccccc32)c(-c2ccc(N(c3ccc(-c4ccccc4-n4c5ccccc5c5ccccc54)cc3)c3cccc4c3oc3ccccc34)cc2)c1. The smallest absolute Gasteiger partial charge is 0.159 e. The predicted molar refractivity (Wildman–Crippen MR) is 268 cm³/mol. The highest BCUT2D eigenvalue weighted by atomic mass is 16.3. The van der Waals surface area contributed by atoms with Crippen molar-refractivity contribution in [2.45, 2.75) is 0 Å². The highest BCUT2D eigenvalue weighted by molar-refractivity contribution is 6.12. The molecule has 0 fully saturated rings. The third-order valence-electron chi connectivity index (χ3n) is 12.9. The molecule has 13 rings (SSSR count). The van der Waals surface area contributed by atoms with E-state index in [1.165, 1.54) is 43.6 Å².